The number of ether oxygens (including phenoxy) is 1. The van der Waals surface area contributed by atoms with E-state index in [-0.39, 0.29) is 19.5 Å². The average Bonchev–Trinajstić information content (AvgIpc) is 2.97. The second-order valence-corrected chi connectivity index (χ2v) is 13.0. The molecule has 0 radical (unpaired) electrons. The number of nitrogens with two attached hydrogens (primary N) is 1. The number of hydrogen-bond acceptors (Lipinski definition) is 6. The van der Waals surface area contributed by atoms with Crippen LogP contribution in [0, 0.1) is 18.8 Å². The lowest BCUT2D eigenvalue weighted by molar-refractivity contribution is -0.120. The number of unbranched alkanes of at least 4 members (excludes halogenated alkanes) is 2. The van der Waals surface area contributed by atoms with Gasteiger partial charge in [0.05, 0.1) is 18.1 Å². The van der Waals surface area contributed by atoms with Crippen LogP contribution in [0.3, 0.4) is 0 Å². The third-order valence-corrected chi connectivity index (χ3v) is 10.3. The number of aryl methyl sites for hydroxylation is 1. The molecule has 228 valence electrons. The maximum absolute atomic E-state index is 13.9. The molecule has 1 heterocycles. The van der Waals surface area contributed by atoms with Crippen LogP contribution in [0.4, 0.5) is 5.69 Å². The molecule has 1 saturated heterocycles. The summed E-state index contributed by atoms with van der Waals surface area (Å²) in [5.74, 6) is 6.21. The van der Waals surface area contributed by atoms with Gasteiger partial charge in [0.2, 0.25) is 15.9 Å². The highest BCUT2D eigenvalue weighted by Gasteiger charge is 2.48. The Kier molecular flexibility index (Phi) is 13.8. The van der Waals surface area contributed by atoms with E-state index in [1.165, 1.54) is 11.2 Å². The number of primary amides is 1. The maximum atomic E-state index is 13.9. The quantitative estimate of drug-likeness (QED) is 0.129. The van der Waals surface area contributed by atoms with E-state index >= 15 is 0 Å². The van der Waals surface area contributed by atoms with Crippen LogP contribution in [-0.2, 0) is 19.6 Å². The van der Waals surface area contributed by atoms with E-state index in [1.54, 1.807) is 6.92 Å². The number of rotatable bonds is 16. The van der Waals surface area contributed by atoms with E-state index in [0.717, 1.165) is 48.4 Å². The average molecular weight is 587 g/mol. The lowest BCUT2D eigenvalue weighted by atomic mass is 10.1. The van der Waals surface area contributed by atoms with Gasteiger partial charge in [-0.2, -0.15) is 4.31 Å². The first-order valence-corrected chi connectivity index (χ1v) is 16.3. The van der Waals surface area contributed by atoms with Crippen molar-refractivity contribution in [1.82, 2.24) is 9.21 Å². The first-order valence-electron chi connectivity index (χ1n) is 14.9. The van der Waals surface area contributed by atoms with Crippen LogP contribution in [-0.4, -0.2) is 74.2 Å². The Morgan fingerprint density at radius 2 is 1.76 bits per heavy atom. The van der Waals surface area contributed by atoms with Gasteiger partial charge in [-0.15, -0.1) is 0 Å². The van der Waals surface area contributed by atoms with E-state index in [9.17, 15) is 13.2 Å². The Bertz CT molecular complexity index is 1210. The van der Waals surface area contributed by atoms with Crippen LogP contribution in [0.1, 0.15) is 72.3 Å². The van der Waals surface area contributed by atoms with Crippen LogP contribution in [0.2, 0.25) is 0 Å². The smallest absolute Gasteiger partial charge is 0.240 e. The number of sulfonamides is 1. The number of anilines is 1. The molecule has 1 amide bonds. The third kappa shape index (κ3) is 9.27. The summed E-state index contributed by atoms with van der Waals surface area (Å²) in [6.07, 6.45) is 8.13. The van der Waals surface area contributed by atoms with Crippen molar-refractivity contribution in [2.24, 2.45) is 5.73 Å². The first kappa shape index (κ1) is 34.2. The van der Waals surface area contributed by atoms with Crippen molar-refractivity contribution < 1.29 is 17.9 Å². The minimum Gasteiger partial charge on any atom is -0.498 e. The van der Waals surface area contributed by atoms with Gasteiger partial charge in [-0.1, -0.05) is 50.3 Å². The van der Waals surface area contributed by atoms with E-state index < -0.39 is 20.7 Å². The number of hydrogen-bond donors (Lipinski definition) is 1. The highest BCUT2D eigenvalue weighted by molar-refractivity contribution is 7.91. The lowest BCUT2D eigenvalue weighted by Gasteiger charge is -2.39. The second-order valence-electron chi connectivity index (χ2n) is 10.6. The van der Waals surface area contributed by atoms with E-state index in [2.05, 4.69) is 35.5 Å². The van der Waals surface area contributed by atoms with E-state index in [4.69, 9.17) is 10.5 Å². The summed E-state index contributed by atoms with van der Waals surface area (Å²) in [6, 6.07) is 8.06. The fourth-order valence-electron chi connectivity index (χ4n) is 4.76. The highest BCUT2D eigenvalue weighted by Crippen LogP contribution is 2.28. The summed E-state index contributed by atoms with van der Waals surface area (Å²) in [4.78, 5) is 16.8. The minimum atomic E-state index is -4.00. The van der Waals surface area contributed by atoms with Crippen LogP contribution in [0.5, 0.6) is 0 Å². The number of carbonyl (C=O) groups is 1. The molecule has 2 N–H and O–H groups in total. The van der Waals surface area contributed by atoms with Gasteiger partial charge in [-0.05, 0) is 70.7 Å². The van der Waals surface area contributed by atoms with Gasteiger partial charge in [0.15, 0.2) is 4.75 Å². The Labute approximate surface area is 248 Å². The van der Waals surface area contributed by atoms with Gasteiger partial charge in [0.1, 0.15) is 0 Å². The predicted molar refractivity (Wildman–Crippen MR) is 169 cm³/mol. The van der Waals surface area contributed by atoms with Crippen LogP contribution in [0.25, 0.3) is 0 Å². The van der Waals surface area contributed by atoms with Gasteiger partial charge in [0.25, 0.3) is 0 Å². The first-order chi connectivity index (χ1) is 19.5. The van der Waals surface area contributed by atoms with Gasteiger partial charge < -0.3 is 20.3 Å². The molecule has 0 aliphatic carbocycles. The summed E-state index contributed by atoms with van der Waals surface area (Å²) in [7, 11) is -4.00. The van der Waals surface area contributed by atoms with E-state index in [1.807, 2.05) is 50.3 Å². The number of allylic oxidation sites excluding steroid dienone is 4. The van der Waals surface area contributed by atoms with E-state index in [0.29, 0.717) is 32.8 Å². The Hall–Kier alpha value is -2.96. The molecule has 41 heavy (non-hydrogen) atoms. The number of amides is 1. The zero-order valence-electron chi connectivity index (χ0n) is 25.9. The molecular weight excluding hydrogens is 536 g/mol. The number of carbonyl (C=O) groups excluding carboxylic acids is 1. The van der Waals surface area contributed by atoms with Gasteiger partial charge in [0, 0.05) is 51.4 Å². The summed E-state index contributed by atoms with van der Waals surface area (Å²) in [6.45, 7) is 14.7. The molecule has 0 saturated carbocycles. The molecule has 1 atom stereocenters. The Balaban J connectivity index is 2.14. The largest absolute Gasteiger partial charge is 0.498 e. The minimum absolute atomic E-state index is 0.0991. The molecule has 1 aromatic carbocycles. The van der Waals surface area contributed by atoms with Gasteiger partial charge in [-0.3, -0.25) is 4.79 Å². The summed E-state index contributed by atoms with van der Waals surface area (Å²) >= 11 is 0. The molecule has 0 spiro atoms. The number of piperazine rings is 1. The monoisotopic (exact) mass is 586 g/mol. The topological polar surface area (TPSA) is 96.2 Å². The highest BCUT2D eigenvalue weighted by atomic mass is 32.2. The lowest BCUT2D eigenvalue weighted by Crippen LogP contribution is -2.59. The molecule has 0 aromatic heterocycles. The maximum Gasteiger partial charge on any atom is 0.240 e. The molecule has 1 aliphatic rings. The van der Waals surface area contributed by atoms with Crippen molar-refractivity contribution in [3.8, 4) is 11.8 Å². The number of benzene rings is 1. The summed E-state index contributed by atoms with van der Waals surface area (Å²) < 4.78 is 33.3. The van der Waals surface area contributed by atoms with Crippen LogP contribution < -0.4 is 10.6 Å². The molecule has 1 aromatic rings. The van der Waals surface area contributed by atoms with Crippen LogP contribution >= 0.6 is 0 Å². The van der Waals surface area contributed by atoms with Crippen LogP contribution in [0.15, 0.2) is 47.9 Å². The normalized spacial score (nSPS) is 16.5. The summed E-state index contributed by atoms with van der Waals surface area (Å²) in [5.41, 5.74) is 8.73. The molecule has 2 rings (SSSR count). The Morgan fingerprint density at radius 1 is 1.10 bits per heavy atom. The Morgan fingerprint density at radius 3 is 2.29 bits per heavy atom. The molecule has 1 unspecified atom stereocenters. The van der Waals surface area contributed by atoms with Gasteiger partial charge >= 0.3 is 0 Å². The second kappa shape index (κ2) is 16.5. The van der Waals surface area contributed by atoms with Crippen molar-refractivity contribution >= 4 is 21.6 Å². The molecule has 1 fully saturated rings. The van der Waals surface area contributed by atoms with Crippen molar-refractivity contribution in [3.63, 3.8) is 0 Å². The number of nitrogens with zero attached hydrogens (tertiary/aromatic N) is 3. The van der Waals surface area contributed by atoms with Crippen molar-refractivity contribution in [3.05, 3.63) is 53.4 Å². The molecule has 8 nitrogen and oxygen atoms in total. The van der Waals surface area contributed by atoms with Crippen molar-refractivity contribution in [2.75, 3.05) is 50.8 Å². The van der Waals surface area contributed by atoms with Gasteiger partial charge in [-0.25, -0.2) is 8.42 Å². The fourth-order valence-corrected chi connectivity index (χ4v) is 6.57. The summed E-state index contributed by atoms with van der Waals surface area (Å²) in [5, 5.41) is 0. The zero-order chi connectivity index (χ0) is 30.5. The molecule has 0 bridgehead atoms. The molecule has 9 heteroatoms. The third-order valence-electron chi connectivity index (χ3n) is 7.71. The van der Waals surface area contributed by atoms with Crippen molar-refractivity contribution in [2.45, 2.75) is 78.4 Å². The van der Waals surface area contributed by atoms with Crippen molar-refractivity contribution in [1.29, 1.82) is 0 Å². The fraction of sp³-hybridized carbons (Fsp3) is 0.594. The zero-order valence-corrected chi connectivity index (χ0v) is 26.7. The molecule has 1 aliphatic heterocycles. The standard InChI is InChI=1S/C32H50N4O4S/c1-7-11-12-26-40-30(9-3)19-18-28(13-8-2)35-22-24-36(25-23-35)41(38,39)32(6,31(33)37)20-21-34(10-4)29-16-14-27(5)15-17-29/h14-19H,7,9-12,20-26H2,1-6H3,(H2,33,37)/b28-18+,30-19+. The predicted octanol–water partition coefficient (Wildman–Crippen LogP) is 4.81. The SMILES string of the molecule is CC#C/C(=C\C=C(/CC)OCCCCC)N1CCN(S(=O)(=O)C(C)(CCN(CC)c2ccc(C)cc2)C(N)=O)CC1. The molecular formula is C32H50N4O4S.